The van der Waals surface area contributed by atoms with Crippen LogP contribution < -0.4 is 0 Å². The lowest BCUT2D eigenvalue weighted by Crippen LogP contribution is -2.15. The Morgan fingerprint density at radius 2 is 2.10 bits per heavy atom. The molecule has 1 N–H and O–H groups in total. The Morgan fingerprint density at radius 3 is 2.65 bits per heavy atom. The fourth-order valence-electron chi connectivity index (χ4n) is 2.22. The third kappa shape index (κ3) is 2.23. The molecule has 4 nitrogen and oxygen atoms in total. The molecule has 0 unspecified atom stereocenters. The summed E-state index contributed by atoms with van der Waals surface area (Å²) in [7, 11) is 0. The summed E-state index contributed by atoms with van der Waals surface area (Å²) in [5.41, 5.74) is 0.357. The number of benzene rings is 1. The van der Waals surface area contributed by atoms with E-state index in [0.29, 0.717) is 0 Å². The van der Waals surface area contributed by atoms with Crippen LogP contribution in [0, 0.1) is 5.92 Å². The van der Waals surface area contributed by atoms with Crippen molar-refractivity contribution in [1.82, 2.24) is 9.55 Å². The van der Waals surface area contributed by atoms with E-state index in [1.165, 1.54) is 18.2 Å². The third-order valence-electron chi connectivity index (χ3n) is 3.39. The fourth-order valence-corrected chi connectivity index (χ4v) is 2.22. The second kappa shape index (κ2) is 4.22. The van der Waals surface area contributed by atoms with Crippen molar-refractivity contribution in [3.05, 3.63) is 29.6 Å². The second-order valence-electron chi connectivity index (χ2n) is 5.00. The number of halogens is 3. The maximum absolute atomic E-state index is 13.0. The molecule has 0 saturated heterocycles. The quantitative estimate of drug-likeness (QED) is 0.941. The summed E-state index contributed by atoms with van der Waals surface area (Å²) in [6, 6.07) is 3.83. The highest BCUT2D eigenvalue weighted by Crippen LogP contribution is 2.36. The Bertz CT molecular complexity index is 687. The zero-order chi connectivity index (χ0) is 14.5. The van der Waals surface area contributed by atoms with Crippen molar-refractivity contribution in [2.45, 2.75) is 25.6 Å². The van der Waals surface area contributed by atoms with Crippen LogP contribution in [0.3, 0.4) is 0 Å². The summed E-state index contributed by atoms with van der Waals surface area (Å²) in [5.74, 6) is -1.90. The van der Waals surface area contributed by atoms with Crippen LogP contribution in [0.2, 0.25) is 0 Å². The Kier molecular flexibility index (Phi) is 2.74. The number of aromatic nitrogens is 2. The first-order valence-electron chi connectivity index (χ1n) is 6.17. The van der Waals surface area contributed by atoms with E-state index in [4.69, 9.17) is 5.11 Å². The number of carboxylic acids is 1. The molecule has 0 radical (unpaired) electrons. The van der Waals surface area contributed by atoms with Crippen LogP contribution in [-0.4, -0.2) is 20.6 Å². The molecule has 0 amide bonds. The Balaban J connectivity index is 2.20. The normalized spacial score (nSPS) is 15.8. The average Bonchev–Trinajstić information content (AvgIpc) is 3.08. The van der Waals surface area contributed by atoms with E-state index in [1.54, 1.807) is 0 Å². The van der Waals surface area contributed by atoms with Crippen LogP contribution >= 0.6 is 0 Å². The number of alkyl halides is 3. The number of fused-ring (bicyclic) bond motifs is 1. The predicted molar refractivity (Wildman–Crippen MR) is 64.4 cm³/mol. The molecule has 1 aliphatic rings. The smallest absolute Gasteiger partial charge is 0.449 e. The molecule has 106 valence electrons. The largest absolute Gasteiger partial charge is 0.478 e. The van der Waals surface area contributed by atoms with Gasteiger partial charge in [0.25, 0.3) is 0 Å². The summed E-state index contributed by atoms with van der Waals surface area (Å²) in [4.78, 5) is 14.6. The van der Waals surface area contributed by atoms with Crippen molar-refractivity contribution in [2.24, 2.45) is 5.92 Å². The van der Waals surface area contributed by atoms with Gasteiger partial charge >= 0.3 is 12.1 Å². The Hall–Kier alpha value is -2.05. The highest BCUT2D eigenvalue weighted by atomic mass is 19.4. The van der Waals surface area contributed by atoms with Crippen molar-refractivity contribution in [2.75, 3.05) is 0 Å². The second-order valence-corrected chi connectivity index (χ2v) is 5.00. The molecule has 1 heterocycles. The van der Waals surface area contributed by atoms with Crippen LogP contribution in [0.4, 0.5) is 13.2 Å². The van der Waals surface area contributed by atoms with E-state index in [1.807, 2.05) is 0 Å². The molecule has 0 atom stereocenters. The molecule has 20 heavy (non-hydrogen) atoms. The minimum absolute atomic E-state index is 0.0387. The van der Waals surface area contributed by atoms with Crippen LogP contribution in [0.1, 0.15) is 29.0 Å². The molecule has 7 heteroatoms. The van der Waals surface area contributed by atoms with Gasteiger partial charge in [-0.05, 0) is 37.0 Å². The highest BCUT2D eigenvalue weighted by Gasteiger charge is 2.39. The van der Waals surface area contributed by atoms with Crippen LogP contribution in [-0.2, 0) is 12.7 Å². The summed E-state index contributed by atoms with van der Waals surface area (Å²) in [6.45, 7) is 0.231. The maximum atomic E-state index is 13.0. The molecule has 3 rings (SSSR count). The number of imidazole rings is 1. The van der Waals surface area contributed by atoms with Crippen molar-refractivity contribution >= 4 is 17.0 Å². The van der Waals surface area contributed by atoms with Gasteiger partial charge in [-0.15, -0.1) is 0 Å². The lowest BCUT2D eigenvalue weighted by Gasteiger charge is -2.10. The number of nitrogens with zero attached hydrogens (tertiary/aromatic N) is 2. The maximum Gasteiger partial charge on any atom is 0.449 e. The zero-order valence-electron chi connectivity index (χ0n) is 10.3. The van der Waals surface area contributed by atoms with Gasteiger partial charge in [0.15, 0.2) is 0 Å². The number of hydrogen-bond donors (Lipinski definition) is 1. The number of carbonyl (C=O) groups is 1. The first-order chi connectivity index (χ1) is 9.36. The molecule has 0 bridgehead atoms. The topological polar surface area (TPSA) is 55.1 Å². The molecule has 1 aromatic carbocycles. The number of rotatable bonds is 3. The van der Waals surface area contributed by atoms with E-state index in [-0.39, 0.29) is 29.1 Å². The summed E-state index contributed by atoms with van der Waals surface area (Å²) < 4.78 is 40.1. The molecule has 1 saturated carbocycles. The van der Waals surface area contributed by atoms with E-state index in [2.05, 4.69) is 4.98 Å². The van der Waals surface area contributed by atoms with Gasteiger partial charge in [-0.1, -0.05) is 0 Å². The number of hydrogen-bond acceptors (Lipinski definition) is 2. The van der Waals surface area contributed by atoms with Crippen LogP contribution in [0.25, 0.3) is 11.0 Å². The summed E-state index contributed by atoms with van der Waals surface area (Å²) >= 11 is 0. The molecule has 0 aliphatic heterocycles. The summed E-state index contributed by atoms with van der Waals surface area (Å²) in [6.07, 6.45) is -2.75. The van der Waals surface area contributed by atoms with Gasteiger partial charge in [-0.2, -0.15) is 13.2 Å². The highest BCUT2D eigenvalue weighted by molar-refractivity contribution is 5.92. The van der Waals surface area contributed by atoms with Gasteiger partial charge in [0.2, 0.25) is 5.82 Å². The van der Waals surface area contributed by atoms with Crippen LogP contribution in [0.15, 0.2) is 18.2 Å². The standard InChI is InChI=1S/C13H11F3N2O2/c14-13(15,16)12-17-9-4-3-8(11(19)20)5-10(9)18(12)6-7-1-2-7/h3-5,7H,1-2,6H2,(H,19,20). The molecule has 1 aliphatic carbocycles. The SMILES string of the molecule is O=C(O)c1ccc2nc(C(F)(F)F)n(CC3CC3)c2c1. The molecular weight excluding hydrogens is 273 g/mol. The van der Waals surface area contributed by atoms with Gasteiger partial charge in [-0.3, -0.25) is 0 Å². The van der Waals surface area contributed by atoms with Gasteiger partial charge < -0.3 is 9.67 Å². The first-order valence-corrected chi connectivity index (χ1v) is 6.17. The van der Waals surface area contributed by atoms with Gasteiger partial charge in [0, 0.05) is 6.54 Å². The van der Waals surface area contributed by atoms with Gasteiger partial charge in [0.05, 0.1) is 16.6 Å². The van der Waals surface area contributed by atoms with Crippen molar-refractivity contribution < 1.29 is 23.1 Å². The average molecular weight is 284 g/mol. The predicted octanol–water partition coefficient (Wildman–Crippen LogP) is 3.16. The van der Waals surface area contributed by atoms with Gasteiger partial charge in [0.1, 0.15) is 0 Å². The van der Waals surface area contributed by atoms with Crippen molar-refractivity contribution in [1.29, 1.82) is 0 Å². The van der Waals surface area contributed by atoms with Crippen LogP contribution in [0.5, 0.6) is 0 Å². The molecule has 2 aromatic rings. The fraction of sp³-hybridized carbons (Fsp3) is 0.385. The third-order valence-corrected chi connectivity index (χ3v) is 3.39. The Morgan fingerprint density at radius 1 is 1.40 bits per heavy atom. The minimum Gasteiger partial charge on any atom is -0.478 e. The van der Waals surface area contributed by atoms with E-state index >= 15 is 0 Å². The van der Waals surface area contributed by atoms with Crippen molar-refractivity contribution in [3.8, 4) is 0 Å². The molecule has 0 spiro atoms. The first kappa shape index (κ1) is 13.0. The lowest BCUT2D eigenvalue weighted by atomic mass is 10.2. The number of carboxylic acid groups (broad SMARTS) is 1. The summed E-state index contributed by atoms with van der Waals surface area (Å²) in [5, 5.41) is 8.94. The molecule has 1 aromatic heterocycles. The molecular formula is C13H11F3N2O2. The Labute approximate surface area is 111 Å². The monoisotopic (exact) mass is 284 g/mol. The van der Waals surface area contributed by atoms with E-state index in [0.717, 1.165) is 17.4 Å². The molecule has 1 fully saturated rings. The zero-order valence-corrected chi connectivity index (χ0v) is 10.3. The van der Waals surface area contributed by atoms with E-state index < -0.39 is 18.0 Å². The minimum atomic E-state index is -4.54. The van der Waals surface area contributed by atoms with Crippen molar-refractivity contribution in [3.63, 3.8) is 0 Å². The van der Waals surface area contributed by atoms with Gasteiger partial charge in [-0.25, -0.2) is 9.78 Å². The van der Waals surface area contributed by atoms with E-state index in [9.17, 15) is 18.0 Å². The lowest BCUT2D eigenvalue weighted by molar-refractivity contribution is -0.147. The number of aromatic carboxylic acids is 1.